The van der Waals surface area contributed by atoms with Crippen molar-refractivity contribution in [1.82, 2.24) is 9.78 Å². The van der Waals surface area contributed by atoms with Gasteiger partial charge in [-0.05, 0) is 6.92 Å². The van der Waals surface area contributed by atoms with Gasteiger partial charge in [0.2, 0.25) is 0 Å². The zero-order chi connectivity index (χ0) is 12.6. The number of nitrogen functional groups attached to an aromatic ring is 1. The molecule has 1 aromatic heterocycles. The second-order valence-electron chi connectivity index (χ2n) is 2.94. The monoisotopic (exact) mass is 219 g/mol. The van der Waals surface area contributed by atoms with Gasteiger partial charge in [0.25, 0.3) is 0 Å². The van der Waals surface area contributed by atoms with E-state index in [1.165, 1.54) is 0 Å². The average Bonchev–Trinajstić information content (AvgIpc) is 2.62. The number of aryl methyl sites for hydroxylation is 1. The van der Waals surface area contributed by atoms with E-state index in [4.69, 9.17) is 5.73 Å². The Labute approximate surface area is 98.0 Å². The molecule has 16 heavy (non-hydrogen) atoms. The van der Waals surface area contributed by atoms with Gasteiger partial charge in [-0.3, -0.25) is 4.68 Å². The predicted molar refractivity (Wildman–Crippen MR) is 72.0 cm³/mol. The number of hydrogen-bond acceptors (Lipinski definition) is 2. The van der Waals surface area contributed by atoms with Gasteiger partial charge >= 0.3 is 0 Å². The van der Waals surface area contributed by atoms with Crippen LogP contribution in [0.1, 0.15) is 26.5 Å². The Morgan fingerprint density at radius 2 is 2.12 bits per heavy atom. The SMILES string of the molecule is C=C/C=C(\C=C/C)c1cc(N)n(C)n1.CC. The fraction of sp³-hybridized carbons (Fsp3) is 0.308. The molecule has 0 bridgehead atoms. The molecule has 88 valence electrons. The molecule has 0 aromatic carbocycles. The number of hydrogen-bond donors (Lipinski definition) is 1. The van der Waals surface area contributed by atoms with Crippen molar-refractivity contribution in [2.45, 2.75) is 20.8 Å². The van der Waals surface area contributed by atoms with Crippen LogP contribution in [0.5, 0.6) is 0 Å². The van der Waals surface area contributed by atoms with Crippen LogP contribution in [0.2, 0.25) is 0 Å². The molecule has 1 rings (SSSR count). The second kappa shape index (κ2) is 7.51. The zero-order valence-electron chi connectivity index (χ0n) is 10.6. The molecule has 0 aliphatic rings. The predicted octanol–water partition coefficient (Wildman–Crippen LogP) is 3.17. The van der Waals surface area contributed by atoms with Gasteiger partial charge in [-0.15, -0.1) is 0 Å². The molecular weight excluding hydrogens is 198 g/mol. The Kier molecular flexibility index (Phi) is 6.68. The van der Waals surface area contributed by atoms with Gasteiger partial charge in [-0.25, -0.2) is 0 Å². The van der Waals surface area contributed by atoms with Crippen molar-refractivity contribution in [2.75, 3.05) is 5.73 Å². The summed E-state index contributed by atoms with van der Waals surface area (Å²) in [5.41, 5.74) is 7.57. The lowest BCUT2D eigenvalue weighted by Gasteiger charge is -1.94. The Morgan fingerprint density at radius 1 is 1.50 bits per heavy atom. The van der Waals surface area contributed by atoms with Gasteiger partial charge in [0.1, 0.15) is 5.82 Å². The molecule has 1 aromatic rings. The summed E-state index contributed by atoms with van der Waals surface area (Å²) in [5, 5.41) is 4.27. The summed E-state index contributed by atoms with van der Waals surface area (Å²) < 4.78 is 1.65. The van der Waals surface area contributed by atoms with Crippen molar-refractivity contribution < 1.29 is 0 Å². The molecule has 0 spiro atoms. The third-order valence-electron chi connectivity index (χ3n) is 1.86. The first-order valence-corrected chi connectivity index (χ1v) is 5.44. The highest BCUT2D eigenvalue weighted by molar-refractivity contribution is 5.73. The maximum atomic E-state index is 5.69. The Bertz CT molecular complexity index is 364. The van der Waals surface area contributed by atoms with E-state index in [2.05, 4.69) is 11.7 Å². The van der Waals surface area contributed by atoms with Crippen LogP contribution in [0.3, 0.4) is 0 Å². The van der Waals surface area contributed by atoms with Crippen LogP contribution in [-0.2, 0) is 7.05 Å². The van der Waals surface area contributed by atoms with Gasteiger partial charge in [0.05, 0.1) is 5.69 Å². The molecule has 1 heterocycles. The number of allylic oxidation sites excluding steroid dienone is 5. The van der Waals surface area contributed by atoms with Crippen LogP contribution in [0, 0.1) is 0 Å². The van der Waals surface area contributed by atoms with E-state index in [-0.39, 0.29) is 0 Å². The van der Waals surface area contributed by atoms with Crippen LogP contribution in [0.4, 0.5) is 5.82 Å². The first kappa shape index (κ1) is 14.2. The number of nitrogens with two attached hydrogens (primary N) is 1. The van der Waals surface area contributed by atoms with Crippen molar-refractivity contribution in [3.8, 4) is 0 Å². The highest BCUT2D eigenvalue weighted by Gasteiger charge is 2.03. The molecule has 0 atom stereocenters. The number of rotatable bonds is 3. The van der Waals surface area contributed by atoms with Crippen molar-refractivity contribution in [3.05, 3.63) is 42.6 Å². The molecule has 3 nitrogen and oxygen atoms in total. The molecule has 0 aliphatic heterocycles. The minimum atomic E-state index is 0.652. The first-order valence-electron chi connectivity index (χ1n) is 5.44. The zero-order valence-corrected chi connectivity index (χ0v) is 10.6. The lowest BCUT2D eigenvalue weighted by atomic mass is 10.1. The van der Waals surface area contributed by atoms with E-state index in [0.29, 0.717) is 5.82 Å². The largest absolute Gasteiger partial charge is 0.384 e. The van der Waals surface area contributed by atoms with Gasteiger partial charge in [-0.1, -0.05) is 44.7 Å². The van der Waals surface area contributed by atoms with Crippen molar-refractivity contribution in [3.63, 3.8) is 0 Å². The summed E-state index contributed by atoms with van der Waals surface area (Å²) in [5.74, 6) is 0.652. The van der Waals surface area contributed by atoms with Crippen LogP contribution in [0.15, 0.2) is 36.9 Å². The van der Waals surface area contributed by atoms with E-state index >= 15 is 0 Å². The molecule has 0 saturated carbocycles. The van der Waals surface area contributed by atoms with E-state index in [1.807, 2.05) is 52.1 Å². The van der Waals surface area contributed by atoms with Crippen molar-refractivity contribution in [1.29, 1.82) is 0 Å². The normalized spacial score (nSPS) is 11.1. The standard InChI is InChI=1S/C11H15N3.C2H6/c1-4-6-9(7-5-2)10-8-11(12)14(3)13-10;1-2/h4-8H,1,12H2,2-3H3;1-2H3/b7-5-,9-6+;. The summed E-state index contributed by atoms with van der Waals surface area (Å²) in [6.45, 7) is 9.62. The molecule has 0 unspecified atom stereocenters. The highest BCUT2D eigenvalue weighted by atomic mass is 15.3. The van der Waals surface area contributed by atoms with Crippen molar-refractivity contribution >= 4 is 11.4 Å². The Hall–Kier alpha value is -1.77. The molecule has 0 saturated heterocycles. The minimum absolute atomic E-state index is 0.652. The van der Waals surface area contributed by atoms with Crippen LogP contribution in [-0.4, -0.2) is 9.78 Å². The summed E-state index contributed by atoms with van der Waals surface area (Å²) in [6, 6.07) is 1.84. The van der Waals surface area contributed by atoms with Gasteiger partial charge < -0.3 is 5.73 Å². The van der Waals surface area contributed by atoms with E-state index in [1.54, 1.807) is 10.8 Å². The Balaban J connectivity index is 0.00000106. The topological polar surface area (TPSA) is 43.8 Å². The van der Waals surface area contributed by atoms with E-state index in [0.717, 1.165) is 11.3 Å². The lowest BCUT2D eigenvalue weighted by Crippen LogP contribution is -1.96. The van der Waals surface area contributed by atoms with E-state index in [9.17, 15) is 0 Å². The third-order valence-corrected chi connectivity index (χ3v) is 1.86. The first-order chi connectivity index (χ1) is 7.69. The lowest BCUT2D eigenvalue weighted by molar-refractivity contribution is 0.774. The van der Waals surface area contributed by atoms with Crippen molar-refractivity contribution in [2.24, 2.45) is 7.05 Å². The fourth-order valence-electron chi connectivity index (χ4n) is 1.16. The number of aromatic nitrogens is 2. The van der Waals surface area contributed by atoms with E-state index < -0.39 is 0 Å². The highest BCUT2D eigenvalue weighted by Crippen LogP contribution is 2.16. The minimum Gasteiger partial charge on any atom is -0.384 e. The smallest absolute Gasteiger partial charge is 0.121 e. The average molecular weight is 219 g/mol. The van der Waals surface area contributed by atoms with Gasteiger partial charge in [0.15, 0.2) is 0 Å². The summed E-state index contributed by atoms with van der Waals surface area (Å²) in [4.78, 5) is 0. The summed E-state index contributed by atoms with van der Waals surface area (Å²) in [6.07, 6.45) is 7.58. The molecule has 2 N–H and O–H groups in total. The molecule has 0 aliphatic carbocycles. The number of anilines is 1. The molecular formula is C13H21N3. The third kappa shape index (κ3) is 3.77. The maximum absolute atomic E-state index is 5.69. The molecule has 0 fully saturated rings. The molecule has 0 radical (unpaired) electrons. The van der Waals surface area contributed by atoms with Gasteiger partial charge in [-0.2, -0.15) is 5.10 Å². The summed E-state index contributed by atoms with van der Waals surface area (Å²) in [7, 11) is 1.82. The molecule has 3 heteroatoms. The van der Waals surface area contributed by atoms with Crippen LogP contribution < -0.4 is 5.73 Å². The quantitative estimate of drug-likeness (QED) is 0.793. The molecule has 0 amide bonds. The maximum Gasteiger partial charge on any atom is 0.121 e. The fourth-order valence-corrected chi connectivity index (χ4v) is 1.16. The second-order valence-corrected chi connectivity index (χ2v) is 2.94. The number of nitrogens with zero attached hydrogens (tertiary/aromatic N) is 2. The van der Waals surface area contributed by atoms with Crippen LogP contribution >= 0.6 is 0 Å². The van der Waals surface area contributed by atoms with Crippen LogP contribution in [0.25, 0.3) is 5.57 Å². The van der Waals surface area contributed by atoms with Gasteiger partial charge in [0, 0.05) is 18.7 Å². The summed E-state index contributed by atoms with van der Waals surface area (Å²) >= 11 is 0. The Morgan fingerprint density at radius 3 is 2.50 bits per heavy atom.